The number of primary amides is 1. The average Bonchev–Trinajstić information content (AvgIpc) is 1.78. The lowest BCUT2D eigenvalue weighted by molar-refractivity contribution is -0.149. The number of imide groups is 1. The van der Waals surface area contributed by atoms with Crippen LogP contribution < -0.4 is 27.0 Å². The molecule has 0 saturated carbocycles. The molecule has 2 aliphatic heterocycles. The van der Waals surface area contributed by atoms with Crippen molar-refractivity contribution in [2.75, 3.05) is 53.3 Å². The van der Waals surface area contributed by atoms with Gasteiger partial charge in [-0.25, -0.2) is 9.59 Å². The summed E-state index contributed by atoms with van der Waals surface area (Å²) in [6.07, 6.45) is 0.842. The Morgan fingerprint density at radius 1 is 0.758 bits per heavy atom. The fourth-order valence-electron chi connectivity index (χ4n) is 13.1. The number of nitrogens with two attached hydrogens (primary N) is 1. The third-order valence-corrected chi connectivity index (χ3v) is 19.0. The summed E-state index contributed by atoms with van der Waals surface area (Å²) in [6.45, 7) is 20.9. The summed E-state index contributed by atoms with van der Waals surface area (Å²) >= 11 is 0. The molecule has 2 aromatic carbocycles. The number of ketones is 2. The molecule has 24 heteroatoms. The van der Waals surface area contributed by atoms with E-state index in [9.17, 15) is 57.8 Å². The molecule has 10 amide bonds. The first kappa shape index (κ1) is 80.1. The molecular formula is C71H111N9O15. The minimum absolute atomic E-state index is 0.0691. The maximum Gasteiger partial charge on any atom is 0.410 e. The Balaban J connectivity index is 1.37. The zero-order chi connectivity index (χ0) is 71.0. The van der Waals surface area contributed by atoms with E-state index < -0.39 is 84.3 Å². The first-order chi connectivity index (χ1) is 44.9. The highest BCUT2D eigenvalue weighted by atomic mass is 16.6. The van der Waals surface area contributed by atoms with E-state index in [-0.39, 0.29) is 128 Å². The Morgan fingerprint density at radius 3 is 1.99 bits per heavy atom. The number of carbonyl (C=O) groups excluding carboxylic acids is 11. The van der Waals surface area contributed by atoms with Gasteiger partial charge in [0.1, 0.15) is 6.61 Å². The van der Waals surface area contributed by atoms with E-state index in [1.165, 1.54) is 31.1 Å². The second kappa shape index (κ2) is 39.0. The van der Waals surface area contributed by atoms with E-state index in [2.05, 4.69) is 21.3 Å². The maximum atomic E-state index is 14.9. The van der Waals surface area contributed by atoms with Crippen LogP contribution in [0.4, 0.5) is 15.3 Å². The maximum absolute atomic E-state index is 14.9. The van der Waals surface area contributed by atoms with Crippen molar-refractivity contribution < 1.29 is 72.1 Å². The number of likely N-dealkylation sites (N-methyl/N-ethyl adjacent to an activating group) is 2. The van der Waals surface area contributed by atoms with Gasteiger partial charge in [0.2, 0.25) is 41.4 Å². The van der Waals surface area contributed by atoms with E-state index in [0.717, 1.165) is 0 Å². The molecule has 2 aliphatic rings. The van der Waals surface area contributed by atoms with Gasteiger partial charge in [-0.05, 0) is 92.4 Å². The summed E-state index contributed by atoms with van der Waals surface area (Å²) in [7, 11) is 6.20. The molecule has 3 unspecified atom stereocenters. The SMILES string of the molecule is CC[C@H](C)[C@@H]([C@@H](CC(=O)N1CCCC1[C@H](OC)[C@@H](C)C(=O)NC(C)[C@@H](O)c1ccccc1)OC)N(C)C(=O)[C@@H](CC(=O)[C@H](C(C)C)N(C)C(=O)OCc1ccc(NC(=O)[C@H](CCCNC(N)=O)CC(=O)[C@@H](NC(=O)CCCCCN2C(=O)CC(C)C2=O)C(C)C)cc1)C(C)C. The van der Waals surface area contributed by atoms with Crippen LogP contribution in [-0.2, 0) is 64.0 Å². The summed E-state index contributed by atoms with van der Waals surface area (Å²) in [5.41, 5.74) is 6.89. The lowest BCUT2D eigenvalue weighted by atomic mass is 9.83. The zero-order valence-corrected chi connectivity index (χ0v) is 59.0. The number of Topliss-reactive ketones (excluding diaryl/α,β-unsaturated/α-hetero) is 2. The average molecular weight is 1330 g/mol. The monoisotopic (exact) mass is 1330 g/mol. The highest BCUT2D eigenvalue weighted by molar-refractivity contribution is 6.03. The van der Waals surface area contributed by atoms with Crippen molar-refractivity contribution in [1.29, 1.82) is 0 Å². The quantitative estimate of drug-likeness (QED) is 0.0275. The molecule has 2 aromatic rings. The molecule has 24 nitrogen and oxygen atoms in total. The molecule has 7 N–H and O–H groups in total. The van der Waals surface area contributed by atoms with E-state index in [4.69, 9.17) is 19.9 Å². The largest absolute Gasteiger partial charge is 0.445 e. The summed E-state index contributed by atoms with van der Waals surface area (Å²) in [6, 6.07) is 11.4. The molecule has 0 spiro atoms. The Morgan fingerprint density at radius 2 is 1.42 bits per heavy atom. The number of methoxy groups -OCH3 is 2. The predicted molar refractivity (Wildman–Crippen MR) is 360 cm³/mol. The molecule has 0 aliphatic carbocycles. The first-order valence-corrected chi connectivity index (χ1v) is 34.1. The van der Waals surface area contributed by atoms with Crippen LogP contribution in [0.25, 0.3) is 0 Å². The van der Waals surface area contributed by atoms with E-state index in [0.29, 0.717) is 74.8 Å². The van der Waals surface area contributed by atoms with E-state index in [1.807, 2.05) is 59.7 Å². The number of nitrogens with one attached hydrogen (secondary N) is 4. The molecule has 530 valence electrons. The van der Waals surface area contributed by atoms with Crippen molar-refractivity contribution in [3.63, 3.8) is 0 Å². The molecule has 2 heterocycles. The van der Waals surface area contributed by atoms with Gasteiger partial charge < -0.3 is 61.0 Å². The molecule has 0 aromatic heterocycles. The van der Waals surface area contributed by atoms with Crippen LogP contribution >= 0.6 is 0 Å². The fraction of sp³-hybridized carbons (Fsp3) is 0.676. The zero-order valence-electron chi connectivity index (χ0n) is 59.0. The summed E-state index contributed by atoms with van der Waals surface area (Å²) < 4.78 is 17.8. The number of aliphatic hydroxyl groups excluding tert-OH is 1. The smallest absolute Gasteiger partial charge is 0.410 e. The van der Waals surface area contributed by atoms with Gasteiger partial charge in [-0.2, -0.15) is 0 Å². The number of nitrogens with zero attached hydrogens (tertiary/aromatic N) is 4. The number of anilines is 1. The predicted octanol–water partition coefficient (Wildman–Crippen LogP) is 7.73. The lowest BCUT2D eigenvalue weighted by Crippen LogP contribution is -2.55. The Hall–Kier alpha value is -7.31. The molecule has 0 radical (unpaired) electrons. The van der Waals surface area contributed by atoms with Gasteiger partial charge in [-0.1, -0.05) is 125 Å². The minimum Gasteiger partial charge on any atom is -0.445 e. The molecule has 95 heavy (non-hydrogen) atoms. The standard InChI is InChI=1S/C71H111N9O15/c1-16-45(8)63(57(93-14)40-60(85)79-36-24-28-54(79)65(94-15)47(10)66(87)74-48(11)64(86)50-25-19-17-20-26-50)77(12)69(90)53(42(2)3)39-56(82)62(44(6)7)78(13)71(92)95-41-49-30-32-52(33-31-49)75-67(88)51(27-23-34-73-70(72)91)38-55(81)61(43(4)5)76-58(83)29-21-18-22-35-80-59(84)37-46(9)68(80)89/h17,19-20,25-26,30-33,42-48,51,53-54,57,61-65,86H,16,18,21-24,27-29,34-41H2,1-15H3,(H,74,87)(H,75,88)(H,76,83)(H3,72,73,91)/t45-,46?,47+,48?,51+,53-,54?,57+,61-,62-,63-,64+,65+/m0/s1. The van der Waals surface area contributed by atoms with Crippen molar-refractivity contribution in [2.24, 2.45) is 53.1 Å². The number of carbonyl (C=O) groups is 11. The van der Waals surface area contributed by atoms with Crippen LogP contribution in [0.5, 0.6) is 0 Å². The van der Waals surface area contributed by atoms with E-state index >= 15 is 0 Å². The van der Waals surface area contributed by atoms with Gasteiger partial charge in [-0.3, -0.25) is 48.1 Å². The Kier molecular flexibility index (Phi) is 32.9. The topological polar surface area (TPSA) is 323 Å². The number of likely N-dealkylation sites (tertiary alicyclic amines) is 2. The van der Waals surface area contributed by atoms with E-state index in [1.54, 1.807) is 87.9 Å². The van der Waals surface area contributed by atoms with Gasteiger partial charge in [0.05, 0.1) is 60.9 Å². The number of rotatable bonds is 40. The van der Waals surface area contributed by atoms with Crippen molar-refractivity contribution >= 4 is 70.7 Å². The number of hydrogen-bond donors (Lipinski definition) is 6. The molecule has 4 rings (SSSR count). The first-order valence-electron chi connectivity index (χ1n) is 34.1. The van der Waals surface area contributed by atoms with Crippen molar-refractivity contribution in [3.8, 4) is 0 Å². The summed E-state index contributed by atoms with van der Waals surface area (Å²) in [4.78, 5) is 154. The lowest BCUT2D eigenvalue weighted by Gasteiger charge is -2.41. The van der Waals surface area contributed by atoms with Crippen LogP contribution in [0.15, 0.2) is 54.6 Å². The number of urea groups is 1. The van der Waals surface area contributed by atoms with Gasteiger partial charge in [0.15, 0.2) is 11.6 Å². The van der Waals surface area contributed by atoms with Crippen LogP contribution in [0, 0.1) is 47.3 Å². The summed E-state index contributed by atoms with van der Waals surface area (Å²) in [5, 5.41) is 22.1. The molecule has 2 saturated heterocycles. The van der Waals surface area contributed by atoms with Crippen molar-refractivity contribution in [3.05, 3.63) is 65.7 Å². The normalized spacial score (nSPS) is 18.4. The Bertz CT molecular complexity index is 2870. The number of benzene rings is 2. The molecule has 2 fully saturated rings. The molecule has 13 atom stereocenters. The van der Waals surface area contributed by atoms with Crippen molar-refractivity contribution in [2.45, 2.75) is 215 Å². The number of ether oxygens (including phenoxy) is 3. The highest BCUT2D eigenvalue weighted by Gasteiger charge is 2.44. The Labute approximate surface area is 562 Å². The van der Waals surface area contributed by atoms with Crippen LogP contribution in [-0.4, -0.2) is 180 Å². The van der Waals surface area contributed by atoms with Gasteiger partial charge in [-0.15, -0.1) is 0 Å². The van der Waals surface area contributed by atoms with Gasteiger partial charge in [0, 0.05) is 97.1 Å². The van der Waals surface area contributed by atoms with Crippen LogP contribution in [0.3, 0.4) is 0 Å². The molecular weight excluding hydrogens is 1220 g/mol. The third-order valence-electron chi connectivity index (χ3n) is 19.0. The minimum atomic E-state index is -0.969. The van der Waals surface area contributed by atoms with Gasteiger partial charge >= 0.3 is 12.1 Å². The van der Waals surface area contributed by atoms with Crippen molar-refractivity contribution in [1.82, 2.24) is 35.6 Å². The highest BCUT2D eigenvalue weighted by Crippen LogP contribution is 2.32. The van der Waals surface area contributed by atoms with Gasteiger partial charge in [0.25, 0.3) is 0 Å². The molecule has 0 bridgehead atoms. The number of hydrogen-bond acceptors (Lipinski definition) is 15. The second-order valence-corrected chi connectivity index (χ2v) is 27.2. The van der Waals surface area contributed by atoms with Crippen LogP contribution in [0.2, 0.25) is 0 Å². The van der Waals surface area contributed by atoms with Crippen LogP contribution in [0.1, 0.15) is 177 Å². The number of unbranched alkanes of at least 4 members (excludes halogenated alkanes) is 2. The third kappa shape index (κ3) is 23.5. The number of aliphatic hydroxyl groups is 1. The second-order valence-electron chi connectivity index (χ2n) is 27.2. The fourth-order valence-corrected chi connectivity index (χ4v) is 13.1. The number of amides is 10. The summed E-state index contributed by atoms with van der Waals surface area (Å²) in [5.74, 6) is -6.50.